The maximum absolute atomic E-state index is 11.6. The summed E-state index contributed by atoms with van der Waals surface area (Å²) in [4.78, 5) is 10.4. The molecule has 75 valence electrons. The summed E-state index contributed by atoms with van der Waals surface area (Å²) >= 11 is 0. The standard InChI is InChI=1S/C9H10NO3S/c1-10(2)14(12,13)9-5-3-8(7-11)4-6-9/h3-6H,1-2H3. The van der Waals surface area contributed by atoms with Gasteiger partial charge in [-0.3, -0.25) is 4.79 Å². The molecule has 0 aliphatic rings. The molecule has 0 fully saturated rings. The van der Waals surface area contributed by atoms with Gasteiger partial charge in [0, 0.05) is 19.7 Å². The molecule has 1 rings (SSSR count). The van der Waals surface area contributed by atoms with Crippen LogP contribution < -0.4 is 0 Å². The normalized spacial score (nSPS) is 11.6. The third kappa shape index (κ3) is 2.00. The van der Waals surface area contributed by atoms with E-state index in [2.05, 4.69) is 0 Å². The molecule has 0 saturated carbocycles. The second kappa shape index (κ2) is 3.89. The van der Waals surface area contributed by atoms with Crippen molar-refractivity contribution in [1.82, 2.24) is 4.31 Å². The Morgan fingerprint density at radius 3 is 2.00 bits per heavy atom. The molecule has 0 atom stereocenters. The lowest BCUT2D eigenvalue weighted by Crippen LogP contribution is -2.22. The summed E-state index contributed by atoms with van der Waals surface area (Å²) in [5.41, 5.74) is 0.336. The Bertz CT molecular complexity index is 420. The van der Waals surface area contributed by atoms with E-state index >= 15 is 0 Å². The molecule has 0 spiro atoms. The molecular formula is C9H10NO3S. The summed E-state index contributed by atoms with van der Waals surface area (Å²) in [6.07, 6.45) is 1.68. The van der Waals surface area contributed by atoms with E-state index in [0.29, 0.717) is 5.56 Å². The molecule has 0 aliphatic carbocycles. The topological polar surface area (TPSA) is 54.5 Å². The first-order chi connectivity index (χ1) is 6.48. The van der Waals surface area contributed by atoms with Crippen LogP contribution in [-0.2, 0) is 14.8 Å². The van der Waals surface area contributed by atoms with Gasteiger partial charge in [-0.1, -0.05) is 0 Å². The quantitative estimate of drug-likeness (QED) is 0.728. The van der Waals surface area contributed by atoms with Crippen LogP contribution in [0.4, 0.5) is 0 Å². The molecule has 0 heterocycles. The Labute approximate surface area is 83.2 Å². The monoisotopic (exact) mass is 212 g/mol. The fourth-order valence-electron chi connectivity index (χ4n) is 0.906. The number of hydrogen-bond donors (Lipinski definition) is 0. The Morgan fingerprint density at radius 2 is 1.64 bits per heavy atom. The smallest absolute Gasteiger partial charge is 0.242 e. The lowest BCUT2D eigenvalue weighted by atomic mass is 10.2. The fraction of sp³-hybridized carbons (Fsp3) is 0.222. The van der Waals surface area contributed by atoms with Crippen LogP contribution in [-0.4, -0.2) is 33.1 Å². The summed E-state index contributed by atoms with van der Waals surface area (Å²) in [6.45, 7) is 0. The van der Waals surface area contributed by atoms with Crippen molar-refractivity contribution in [3.63, 3.8) is 0 Å². The van der Waals surface area contributed by atoms with Crippen LogP contribution >= 0.6 is 0 Å². The van der Waals surface area contributed by atoms with E-state index in [-0.39, 0.29) is 4.90 Å². The maximum Gasteiger partial charge on any atom is 0.242 e. The van der Waals surface area contributed by atoms with Crippen LogP contribution in [0.2, 0.25) is 0 Å². The second-order valence-corrected chi connectivity index (χ2v) is 5.07. The van der Waals surface area contributed by atoms with Crippen LogP contribution in [0.5, 0.6) is 0 Å². The molecule has 4 nitrogen and oxygen atoms in total. The first-order valence-electron chi connectivity index (χ1n) is 3.89. The molecule has 0 unspecified atom stereocenters. The van der Waals surface area contributed by atoms with Crippen molar-refractivity contribution >= 4 is 16.3 Å². The number of nitrogens with zero attached hydrogens (tertiary/aromatic N) is 1. The molecule has 0 N–H and O–H groups in total. The molecular weight excluding hydrogens is 202 g/mol. The molecule has 14 heavy (non-hydrogen) atoms. The van der Waals surface area contributed by atoms with E-state index in [1.54, 1.807) is 6.29 Å². The molecule has 5 heteroatoms. The van der Waals surface area contributed by atoms with Crippen LogP contribution in [0.15, 0.2) is 29.2 Å². The zero-order valence-electron chi connectivity index (χ0n) is 7.89. The third-order valence-corrected chi connectivity index (χ3v) is 3.58. The summed E-state index contributed by atoms with van der Waals surface area (Å²) in [6, 6.07) is 5.61. The van der Waals surface area contributed by atoms with Crippen LogP contribution in [0, 0.1) is 0 Å². The van der Waals surface area contributed by atoms with E-state index < -0.39 is 10.0 Å². The van der Waals surface area contributed by atoms with Crippen LogP contribution in [0.25, 0.3) is 0 Å². The minimum Gasteiger partial charge on any atom is -0.285 e. The third-order valence-electron chi connectivity index (χ3n) is 1.75. The molecule has 1 aromatic rings. The van der Waals surface area contributed by atoms with E-state index in [1.807, 2.05) is 0 Å². The molecule has 0 saturated heterocycles. The highest BCUT2D eigenvalue weighted by molar-refractivity contribution is 7.89. The highest BCUT2D eigenvalue weighted by Crippen LogP contribution is 2.12. The van der Waals surface area contributed by atoms with Crippen molar-refractivity contribution in [2.24, 2.45) is 0 Å². The SMILES string of the molecule is CN(C)S(=O)(=O)c1ccc([C]=O)cc1. The minimum atomic E-state index is -3.40. The summed E-state index contributed by atoms with van der Waals surface area (Å²) in [7, 11) is -0.491. The molecule has 1 aromatic carbocycles. The Morgan fingerprint density at radius 1 is 1.14 bits per heavy atom. The highest BCUT2D eigenvalue weighted by Gasteiger charge is 2.16. The largest absolute Gasteiger partial charge is 0.285 e. The average Bonchev–Trinajstić information content (AvgIpc) is 2.17. The Kier molecular flexibility index (Phi) is 3.03. The van der Waals surface area contributed by atoms with Gasteiger partial charge in [0.15, 0.2) is 0 Å². The zero-order valence-corrected chi connectivity index (χ0v) is 8.71. The zero-order chi connectivity index (χ0) is 10.8. The summed E-state index contributed by atoms with van der Waals surface area (Å²) in [5, 5.41) is 0. The van der Waals surface area contributed by atoms with Gasteiger partial charge in [0.25, 0.3) is 0 Å². The Balaban J connectivity index is 3.16. The van der Waals surface area contributed by atoms with Gasteiger partial charge in [0.1, 0.15) is 0 Å². The van der Waals surface area contributed by atoms with E-state index in [0.717, 1.165) is 4.31 Å². The van der Waals surface area contributed by atoms with Gasteiger partial charge in [0.2, 0.25) is 16.3 Å². The number of sulfonamides is 1. The first kappa shape index (κ1) is 10.9. The van der Waals surface area contributed by atoms with E-state index in [9.17, 15) is 13.2 Å². The van der Waals surface area contributed by atoms with Crippen LogP contribution in [0.3, 0.4) is 0 Å². The summed E-state index contributed by atoms with van der Waals surface area (Å²) in [5.74, 6) is 0. The number of carbonyl (C=O) groups excluding carboxylic acids is 1. The van der Waals surface area contributed by atoms with Gasteiger partial charge in [-0.05, 0) is 24.3 Å². The van der Waals surface area contributed by atoms with Crippen molar-refractivity contribution < 1.29 is 13.2 Å². The molecule has 1 radical (unpaired) electrons. The number of benzene rings is 1. The molecule has 0 aromatic heterocycles. The van der Waals surface area contributed by atoms with Gasteiger partial charge in [-0.2, -0.15) is 0 Å². The molecule has 0 amide bonds. The van der Waals surface area contributed by atoms with Gasteiger partial charge in [0.05, 0.1) is 4.90 Å². The van der Waals surface area contributed by atoms with E-state index in [4.69, 9.17) is 0 Å². The van der Waals surface area contributed by atoms with E-state index in [1.165, 1.54) is 38.4 Å². The predicted molar refractivity (Wildman–Crippen MR) is 52.1 cm³/mol. The van der Waals surface area contributed by atoms with Gasteiger partial charge in [-0.15, -0.1) is 0 Å². The fourth-order valence-corrected chi connectivity index (χ4v) is 1.81. The lowest BCUT2D eigenvalue weighted by molar-refractivity contribution is 0.520. The number of hydrogen-bond acceptors (Lipinski definition) is 3. The van der Waals surface area contributed by atoms with Crippen molar-refractivity contribution in [2.75, 3.05) is 14.1 Å². The van der Waals surface area contributed by atoms with Gasteiger partial charge in [-0.25, -0.2) is 12.7 Å². The lowest BCUT2D eigenvalue weighted by Gasteiger charge is -2.10. The van der Waals surface area contributed by atoms with Crippen molar-refractivity contribution in [1.29, 1.82) is 0 Å². The van der Waals surface area contributed by atoms with Crippen molar-refractivity contribution in [3.8, 4) is 0 Å². The molecule has 0 aliphatic heterocycles. The van der Waals surface area contributed by atoms with Crippen molar-refractivity contribution in [3.05, 3.63) is 29.8 Å². The average molecular weight is 212 g/mol. The maximum atomic E-state index is 11.6. The summed E-state index contributed by atoms with van der Waals surface area (Å²) < 4.78 is 24.2. The molecule has 0 bridgehead atoms. The first-order valence-corrected chi connectivity index (χ1v) is 5.33. The minimum absolute atomic E-state index is 0.168. The Hall–Kier alpha value is -1.20. The van der Waals surface area contributed by atoms with Crippen LogP contribution in [0.1, 0.15) is 5.56 Å². The second-order valence-electron chi connectivity index (χ2n) is 2.91. The highest BCUT2D eigenvalue weighted by atomic mass is 32.2. The predicted octanol–water partition coefficient (Wildman–Crippen LogP) is 0.395. The van der Waals surface area contributed by atoms with Gasteiger partial charge >= 0.3 is 0 Å². The number of rotatable bonds is 3. The van der Waals surface area contributed by atoms with Gasteiger partial charge < -0.3 is 0 Å². The van der Waals surface area contributed by atoms with Crippen molar-refractivity contribution in [2.45, 2.75) is 4.90 Å².